The van der Waals surface area contributed by atoms with Crippen LogP contribution in [0.1, 0.15) is 24.8 Å². The van der Waals surface area contributed by atoms with Crippen molar-refractivity contribution < 1.29 is 8.78 Å². The maximum Gasteiger partial charge on any atom is 0.159 e. The van der Waals surface area contributed by atoms with Gasteiger partial charge in [0, 0.05) is 5.92 Å². The Morgan fingerprint density at radius 3 is 2.64 bits per heavy atom. The monoisotopic (exact) mass is 193 g/mol. The molecule has 0 amide bonds. The number of hydrogen-bond donors (Lipinski definition) is 0. The Balaban J connectivity index is 2.29. The van der Waals surface area contributed by atoms with E-state index in [4.69, 9.17) is 5.26 Å². The fraction of sp³-hybridized carbons (Fsp3) is 0.364. The van der Waals surface area contributed by atoms with Crippen LogP contribution >= 0.6 is 0 Å². The maximum absolute atomic E-state index is 12.9. The summed E-state index contributed by atoms with van der Waals surface area (Å²) in [5.41, 5.74) is 0.331. The van der Waals surface area contributed by atoms with Gasteiger partial charge in [-0.1, -0.05) is 6.07 Å². The smallest absolute Gasteiger partial charge is 0.159 e. The minimum Gasteiger partial charge on any atom is -0.204 e. The highest BCUT2D eigenvalue weighted by atomic mass is 19.2. The zero-order valence-corrected chi connectivity index (χ0v) is 7.72. The van der Waals surface area contributed by atoms with Crippen molar-refractivity contribution in [3.8, 4) is 6.07 Å². The third-order valence-corrected chi connectivity index (χ3v) is 2.84. The van der Waals surface area contributed by atoms with Crippen LogP contribution in [0.5, 0.6) is 0 Å². The lowest BCUT2D eigenvalue weighted by Crippen LogP contribution is -1.94. The van der Waals surface area contributed by atoms with Gasteiger partial charge < -0.3 is 0 Å². The van der Waals surface area contributed by atoms with Crippen LogP contribution in [0.25, 0.3) is 0 Å². The van der Waals surface area contributed by atoms with Crippen LogP contribution in [0.4, 0.5) is 8.78 Å². The summed E-state index contributed by atoms with van der Waals surface area (Å²) in [5.74, 6) is -1.62. The molecule has 0 saturated heterocycles. The first-order valence-corrected chi connectivity index (χ1v) is 4.43. The molecule has 2 atom stereocenters. The van der Waals surface area contributed by atoms with Gasteiger partial charge in [0.25, 0.3) is 0 Å². The zero-order chi connectivity index (χ0) is 10.3. The lowest BCUT2D eigenvalue weighted by Gasteiger charge is -2.02. The van der Waals surface area contributed by atoms with E-state index in [9.17, 15) is 8.78 Å². The highest BCUT2D eigenvalue weighted by molar-refractivity contribution is 5.34. The predicted octanol–water partition coefficient (Wildman–Crippen LogP) is 2.98. The van der Waals surface area contributed by atoms with Crippen LogP contribution in [0.3, 0.4) is 0 Å². The van der Waals surface area contributed by atoms with E-state index in [0.29, 0.717) is 5.56 Å². The predicted molar refractivity (Wildman–Crippen MR) is 47.4 cm³/mol. The normalized spacial score (nSPS) is 29.7. The molecule has 1 nitrogen and oxygen atoms in total. The van der Waals surface area contributed by atoms with Crippen molar-refractivity contribution in [2.75, 3.05) is 0 Å². The molecule has 0 aliphatic heterocycles. The summed E-state index contributed by atoms with van der Waals surface area (Å²) in [6, 6.07) is 6.02. The van der Waals surface area contributed by atoms with Crippen molar-refractivity contribution >= 4 is 0 Å². The summed E-state index contributed by atoms with van der Waals surface area (Å²) in [6.45, 7) is 1.83. The molecule has 0 spiro atoms. The van der Waals surface area contributed by atoms with E-state index in [-0.39, 0.29) is 11.3 Å². The van der Waals surface area contributed by atoms with E-state index in [0.717, 1.165) is 12.5 Å². The topological polar surface area (TPSA) is 23.8 Å². The van der Waals surface area contributed by atoms with E-state index in [1.54, 1.807) is 6.07 Å². The van der Waals surface area contributed by atoms with Gasteiger partial charge in [-0.05, 0) is 31.0 Å². The van der Waals surface area contributed by atoms with Crippen molar-refractivity contribution in [2.24, 2.45) is 5.41 Å². The number of nitriles is 1. The third-order valence-electron chi connectivity index (χ3n) is 2.84. The number of benzene rings is 1. The minimum atomic E-state index is -0.840. The molecule has 1 aliphatic rings. The lowest BCUT2D eigenvalue weighted by atomic mass is 10.0. The van der Waals surface area contributed by atoms with E-state index in [2.05, 4.69) is 6.07 Å². The Kier molecular flexibility index (Phi) is 1.81. The summed E-state index contributed by atoms with van der Waals surface area (Å²) in [5, 5.41) is 8.80. The van der Waals surface area contributed by atoms with Crippen molar-refractivity contribution in [3.63, 3.8) is 0 Å². The third kappa shape index (κ3) is 1.27. The molecule has 1 aromatic carbocycles. The van der Waals surface area contributed by atoms with Crippen molar-refractivity contribution in [3.05, 3.63) is 35.4 Å². The maximum atomic E-state index is 12.9. The summed E-state index contributed by atoms with van der Waals surface area (Å²) in [6.07, 6.45) is 0.731. The molecule has 1 saturated carbocycles. The molecule has 1 fully saturated rings. The minimum absolute atomic E-state index is 0.0580. The molecule has 0 N–H and O–H groups in total. The van der Waals surface area contributed by atoms with Crippen molar-refractivity contribution in [1.82, 2.24) is 0 Å². The molecule has 2 rings (SSSR count). The van der Waals surface area contributed by atoms with Crippen LogP contribution in [0.2, 0.25) is 0 Å². The fourth-order valence-corrected chi connectivity index (χ4v) is 1.70. The summed E-state index contributed by atoms with van der Waals surface area (Å²) < 4.78 is 25.5. The van der Waals surface area contributed by atoms with E-state index in [1.165, 1.54) is 6.07 Å². The van der Waals surface area contributed by atoms with Gasteiger partial charge in [-0.15, -0.1) is 0 Å². The van der Waals surface area contributed by atoms with Gasteiger partial charge in [0.2, 0.25) is 0 Å². The van der Waals surface area contributed by atoms with E-state index in [1.807, 2.05) is 6.92 Å². The Hall–Kier alpha value is -1.43. The van der Waals surface area contributed by atoms with Crippen molar-refractivity contribution in [1.29, 1.82) is 5.26 Å². The SMILES string of the molecule is CC1(C#N)CC1c1ccc(F)c(F)c1. The second kappa shape index (κ2) is 2.78. The van der Waals surface area contributed by atoms with Gasteiger partial charge >= 0.3 is 0 Å². The first-order valence-electron chi connectivity index (χ1n) is 4.43. The lowest BCUT2D eigenvalue weighted by molar-refractivity contribution is 0.506. The molecule has 0 bridgehead atoms. The van der Waals surface area contributed by atoms with E-state index < -0.39 is 11.6 Å². The molecular weight excluding hydrogens is 184 g/mol. The fourth-order valence-electron chi connectivity index (χ4n) is 1.70. The average Bonchev–Trinajstić information content (AvgIpc) is 2.84. The summed E-state index contributed by atoms with van der Waals surface area (Å²) >= 11 is 0. The van der Waals surface area contributed by atoms with E-state index >= 15 is 0 Å². The largest absolute Gasteiger partial charge is 0.204 e. The number of halogens is 2. The van der Waals surface area contributed by atoms with Crippen LogP contribution in [-0.2, 0) is 0 Å². The Bertz CT molecular complexity index is 422. The molecule has 3 heteroatoms. The highest BCUT2D eigenvalue weighted by Crippen LogP contribution is 2.58. The van der Waals surface area contributed by atoms with Gasteiger partial charge in [-0.2, -0.15) is 5.26 Å². The van der Waals surface area contributed by atoms with Gasteiger partial charge in [-0.3, -0.25) is 0 Å². The van der Waals surface area contributed by atoms with Gasteiger partial charge in [-0.25, -0.2) is 8.78 Å². The standard InChI is InChI=1S/C11H9F2N/c1-11(6-14)5-8(11)7-2-3-9(12)10(13)4-7/h2-4,8H,5H2,1H3. The highest BCUT2D eigenvalue weighted by Gasteiger charge is 2.51. The Morgan fingerprint density at radius 1 is 1.43 bits per heavy atom. The second-order valence-electron chi connectivity index (χ2n) is 3.96. The molecule has 0 aromatic heterocycles. The van der Waals surface area contributed by atoms with Gasteiger partial charge in [0.05, 0.1) is 11.5 Å². The van der Waals surface area contributed by atoms with Crippen LogP contribution < -0.4 is 0 Å². The first kappa shape index (κ1) is 9.14. The van der Waals surface area contributed by atoms with Gasteiger partial charge in [0.1, 0.15) is 0 Å². The van der Waals surface area contributed by atoms with Crippen LogP contribution in [0, 0.1) is 28.4 Å². The average molecular weight is 193 g/mol. The molecule has 72 valence electrons. The van der Waals surface area contributed by atoms with Crippen LogP contribution in [-0.4, -0.2) is 0 Å². The number of nitrogens with zero attached hydrogens (tertiary/aromatic N) is 1. The second-order valence-corrected chi connectivity index (χ2v) is 3.96. The molecular formula is C11H9F2N. The molecule has 1 aliphatic carbocycles. The molecule has 14 heavy (non-hydrogen) atoms. The first-order chi connectivity index (χ1) is 6.57. The van der Waals surface area contributed by atoms with Gasteiger partial charge in [0.15, 0.2) is 11.6 Å². The van der Waals surface area contributed by atoms with Crippen molar-refractivity contribution in [2.45, 2.75) is 19.3 Å². The number of hydrogen-bond acceptors (Lipinski definition) is 1. The van der Waals surface area contributed by atoms with Crippen LogP contribution in [0.15, 0.2) is 18.2 Å². The molecule has 0 radical (unpaired) electrons. The zero-order valence-electron chi connectivity index (χ0n) is 7.72. The Labute approximate surface area is 81.0 Å². The summed E-state index contributed by atoms with van der Waals surface area (Å²) in [4.78, 5) is 0. The summed E-state index contributed by atoms with van der Waals surface area (Å²) in [7, 11) is 0. The number of rotatable bonds is 1. The Morgan fingerprint density at radius 2 is 2.14 bits per heavy atom. The quantitative estimate of drug-likeness (QED) is 0.672. The molecule has 1 aromatic rings. The molecule has 0 heterocycles. The molecule has 2 unspecified atom stereocenters.